The summed E-state index contributed by atoms with van der Waals surface area (Å²) in [5.41, 5.74) is -0.170. The molecule has 1 aliphatic heterocycles. The smallest absolute Gasteiger partial charge is 0.318 e. The molecule has 1 saturated heterocycles. The Bertz CT molecular complexity index is 505. The lowest BCUT2D eigenvalue weighted by Gasteiger charge is -2.36. The number of nitrogens with zero attached hydrogens (tertiary/aromatic N) is 1. The van der Waals surface area contributed by atoms with Crippen LogP contribution < -0.4 is 5.32 Å². The molecule has 2 atom stereocenters. The fourth-order valence-corrected chi connectivity index (χ4v) is 2.48. The number of rotatable bonds is 4. The monoisotopic (exact) mass is 314 g/mol. The molecular formula is C15H20F2N2O3. The van der Waals surface area contributed by atoms with E-state index in [0.29, 0.717) is 26.2 Å². The molecule has 122 valence electrons. The van der Waals surface area contributed by atoms with Crippen LogP contribution in [0.25, 0.3) is 0 Å². The molecule has 5 nitrogen and oxygen atoms in total. The third-order valence-electron chi connectivity index (χ3n) is 3.58. The lowest BCUT2D eigenvalue weighted by molar-refractivity contribution is -0.00439. The van der Waals surface area contributed by atoms with Crippen molar-refractivity contribution in [2.75, 3.05) is 19.8 Å². The number of carbonyl (C=O) groups is 1. The van der Waals surface area contributed by atoms with E-state index in [2.05, 4.69) is 5.32 Å². The standard InChI is InChI=1S/C15H20F2N2O3/c1-10(20)7-11-9-22-6-5-19(11)15(21)18-8-12-13(16)3-2-4-14(12)17/h2-4,10-11,20H,5-9H2,1H3,(H,18,21)/t10-,11+/m1/s1. The molecule has 7 heteroatoms. The molecule has 0 radical (unpaired) electrons. The van der Waals surface area contributed by atoms with Gasteiger partial charge in [0.05, 0.1) is 31.9 Å². The first-order valence-corrected chi connectivity index (χ1v) is 7.22. The molecule has 1 aliphatic rings. The van der Waals surface area contributed by atoms with E-state index in [4.69, 9.17) is 4.74 Å². The van der Waals surface area contributed by atoms with Gasteiger partial charge in [-0.25, -0.2) is 13.6 Å². The highest BCUT2D eigenvalue weighted by atomic mass is 19.1. The van der Waals surface area contributed by atoms with Crippen LogP contribution in [0.2, 0.25) is 0 Å². The van der Waals surface area contributed by atoms with Gasteiger partial charge in [0, 0.05) is 12.1 Å². The maximum atomic E-state index is 13.5. The summed E-state index contributed by atoms with van der Waals surface area (Å²) in [6, 6.07) is 2.90. The predicted octanol–water partition coefficient (Wildman–Crippen LogP) is 1.65. The zero-order chi connectivity index (χ0) is 16.1. The maximum Gasteiger partial charge on any atom is 0.318 e. The van der Waals surface area contributed by atoms with Crippen LogP contribution in [-0.4, -0.2) is 47.9 Å². The number of morpholine rings is 1. The van der Waals surface area contributed by atoms with Crippen molar-refractivity contribution in [1.29, 1.82) is 0 Å². The third-order valence-corrected chi connectivity index (χ3v) is 3.58. The molecule has 2 amide bonds. The van der Waals surface area contributed by atoms with Gasteiger partial charge < -0.3 is 20.1 Å². The van der Waals surface area contributed by atoms with E-state index in [0.717, 1.165) is 12.1 Å². The van der Waals surface area contributed by atoms with E-state index in [1.165, 1.54) is 11.0 Å². The van der Waals surface area contributed by atoms with Crippen LogP contribution in [-0.2, 0) is 11.3 Å². The van der Waals surface area contributed by atoms with Gasteiger partial charge in [0.25, 0.3) is 0 Å². The Labute approximate surface area is 127 Å². The number of ether oxygens (including phenoxy) is 1. The summed E-state index contributed by atoms with van der Waals surface area (Å²) in [5.74, 6) is -1.38. The van der Waals surface area contributed by atoms with E-state index in [-0.39, 0.29) is 18.2 Å². The molecule has 0 spiro atoms. The van der Waals surface area contributed by atoms with E-state index < -0.39 is 23.8 Å². The molecular weight excluding hydrogens is 294 g/mol. The van der Waals surface area contributed by atoms with Crippen LogP contribution in [0.1, 0.15) is 18.9 Å². The zero-order valence-corrected chi connectivity index (χ0v) is 12.4. The summed E-state index contributed by atoms with van der Waals surface area (Å²) in [5, 5.41) is 12.0. The van der Waals surface area contributed by atoms with Gasteiger partial charge in [-0.05, 0) is 25.5 Å². The lowest BCUT2D eigenvalue weighted by atomic mass is 10.1. The summed E-state index contributed by atoms with van der Waals surface area (Å²) in [6.45, 7) is 2.53. The molecule has 2 N–H and O–H groups in total. The van der Waals surface area contributed by atoms with Gasteiger partial charge >= 0.3 is 6.03 Å². The third kappa shape index (κ3) is 4.14. The number of hydrogen-bond donors (Lipinski definition) is 2. The highest BCUT2D eigenvalue weighted by molar-refractivity contribution is 5.74. The topological polar surface area (TPSA) is 61.8 Å². The summed E-state index contributed by atoms with van der Waals surface area (Å²) in [4.78, 5) is 13.8. The van der Waals surface area contributed by atoms with E-state index in [1.54, 1.807) is 6.92 Å². The van der Waals surface area contributed by atoms with Crippen LogP contribution >= 0.6 is 0 Å². The molecule has 1 fully saturated rings. The largest absolute Gasteiger partial charge is 0.393 e. The average molecular weight is 314 g/mol. The average Bonchev–Trinajstić information content (AvgIpc) is 2.46. The van der Waals surface area contributed by atoms with Gasteiger partial charge in [0.2, 0.25) is 0 Å². The Morgan fingerprint density at radius 1 is 1.50 bits per heavy atom. The van der Waals surface area contributed by atoms with Crippen molar-refractivity contribution in [3.63, 3.8) is 0 Å². The fraction of sp³-hybridized carbons (Fsp3) is 0.533. The lowest BCUT2D eigenvalue weighted by Crippen LogP contribution is -2.53. The van der Waals surface area contributed by atoms with E-state index >= 15 is 0 Å². The first-order chi connectivity index (χ1) is 10.5. The second-order valence-corrected chi connectivity index (χ2v) is 5.37. The zero-order valence-electron chi connectivity index (χ0n) is 12.4. The van der Waals surface area contributed by atoms with Crippen molar-refractivity contribution in [1.82, 2.24) is 10.2 Å². The molecule has 0 aromatic heterocycles. The van der Waals surface area contributed by atoms with Crippen LogP contribution in [0, 0.1) is 11.6 Å². The number of hydrogen-bond acceptors (Lipinski definition) is 3. The Morgan fingerprint density at radius 3 is 2.82 bits per heavy atom. The summed E-state index contributed by atoms with van der Waals surface area (Å²) in [7, 11) is 0. The van der Waals surface area contributed by atoms with Crippen LogP contribution in [0.15, 0.2) is 18.2 Å². The van der Waals surface area contributed by atoms with Crippen molar-refractivity contribution in [2.24, 2.45) is 0 Å². The first-order valence-electron chi connectivity index (χ1n) is 7.22. The quantitative estimate of drug-likeness (QED) is 0.888. The number of aliphatic hydroxyl groups excluding tert-OH is 1. The number of halogens is 2. The van der Waals surface area contributed by atoms with Gasteiger partial charge in [-0.1, -0.05) is 6.07 Å². The molecule has 0 aliphatic carbocycles. The number of urea groups is 1. The maximum absolute atomic E-state index is 13.5. The second-order valence-electron chi connectivity index (χ2n) is 5.37. The predicted molar refractivity (Wildman–Crippen MR) is 76.2 cm³/mol. The number of carbonyl (C=O) groups excluding carboxylic acids is 1. The van der Waals surface area contributed by atoms with Crippen molar-refractivity contribution >= 4 is 6.03 Å². The molecule has 0 bridgehead atoms. The molecule has 0 unspecified atom stereocenters. The summed E-state index contributed by atoms with van der Waals surface area (Å²) < 4.78 is 32.4. The van der Waals surface area contributed by atoms with Gasteiger partial charge in [0.1, 0.15) is 11.6 Å². The Morgan fingerprint density at radius 2 is 2.18 bits per heavy atom. The van der Waals surface area contributed by atoms with Gasteiger partial charge in [-0.2, -0.15) is 0 Å². The summed E-state index contributed by atoms with van der Waals surface area (Å²) >= 11 is 0. The highest BCUT2D eigenvalue weighted by Crippen LogP contribution is 2.15. The van der Waals surface area contributed by atoms with Gasteiger partial charge in [-0.15, -0.1) is 0 Å². The number of amides is 2. The molecule has 1 aromatic rings. The first kappa shape index (κ1) is 16.6. The van der Waals surface area contributed by atoms with Crippen molar-refractivity contribution < 1.29 is 23.4 Å². The minimum absolute atomic E-state index is 0.170. The van der Waals surface area contributed by atoms with Crippen molar-refractivity contribution in [3.8, 4) is 0 Å². The molecule has 1 heterocycles. The highest BCUT2D eigenvalue weighted by Gasteiger charge is 2.28. The van der Waals surface area contributed by atoms with Crippen LogP contribution in [0.5, 0.6) is 0 Å². The minimum atomic E-state index is -0.692. The molecule has 22 heavy (non-hydrogen) atoms. The van der Waals surface area contributed by atoms with Gasteiger partial charge in [-0.3, -0.25) is 0 Å². The number of benzene rings is 1. The SMILES string of the molecule is C[C@@H](O)C[C@H]1COCCN1C(=O)NCc1c(F)cccc1F. The minimum Gasteiger partial charge on any atom is -0.393 e. The van der Waals surface area contributed by atoms with E-state index in [9.17, 15) is 18.7 Å². The Kier molecular flexibility index (Phi) is 5.68. The summed E-state index contributed by atoms with van der Waals surface area (Å²) in [6.07, 6.45) is -0.174. The Balaban J connectivity index is 1.98. The fourth-order valence-electron chi connectivity index (χ4n) is 2.48. The molecule has 2 rings (SSSR count). The van der Waals surface area contributed by atoms with Crippen LogP contribution in [0.3, 0.4) is 0 Å². The van der Waals surface area contributed by atoms with Gasteiger partial charge in [0.15, 0.2) is 0 Å². The van der Waals surface area contributed by atoms with Crippen molar-refractivity contribution in [2.45, 2.75) is 32.0 Å². The second kappa shape index (κ2) is 7.51. The van der Waals surface area contributed by atoms with Crippen LogP contribution in [0.4, 0.5) is 13.6 Å². The molecule has 0 saturated carbocycles. The Hall–Kier alpha value is -1.73. The van der Waals surface area contributed by atoms with Crippen molar-refractivity contribution in [3.05, 3.63) is 35.4 Å². The number of aliphatic hydroxyl groups is 1. The normalized spacial score (nSPS) is 19.8. The molecule has 1 aromatic carbocycles. The van der Waals surface area contributed by atoms with E-state index in [1.807, 2.05) is 0 Å². The number of nitrogens with one attached hydrogen (secondary N) is 1.